The zero-order valence-corrected chi connectivity index (χ0v) is 9.67. The molecular weight excluding hydrogens is 231 g/mol. The van der Waals surface area contributed by atoms with Crippen LogP contribution in [0.1, 0.15) is 17.5 Å². The molecular formula is C12H16F3NO. The van der Waals surface area contributed by atoms with Gasteiger partial charge in [-0.3, -0.25) is 0 Å². The van der Waals surface area contributed by atoms with Crippen molar-refractivity contribution in [3.8, 4) is 0 Å². The van der Waals surface area contributed by atoms with E-state index >= 15 is 0 Å². The van der Waals surface area contributed by atoms with Gasteiger partial charge in [-0.05, 0) is 18.2 Å². The average Bonchev–Trinajstić information content (AvgIpc) is 2.27. The minimum atomic E-state index is -4.10. The van der Waals surface area contributed by atoms with Crippen LogP contribution < -0.4 is 0 Å². The zero-order chi connectivity index (χ0) is 12.9. The molecule has 0 aliphatic rings. The number of benzene rings is 1. The van der Waals surface area contributed by atoms with Gasteiger partial charge in [0.25, 0.3) is 0 Å². The Balaban J connectivity index is 2.42. The van der Waals surface area contributed by atoms with Crippen LogP contribution in [-0.2, 0) is 13.2 Å². The molecule has 0 bridgehead atoms. The van der Waals surface area contributed by atoms with Crippen molar-refractivity contribution in [3.63, 3.8) is 0 Å². The van der Waals surface area contributed by atoms with E-state index in [-0.39, 0.29) is 13.2 Å². The maximum atomic E-state index is 12.0. The largest absolute Gasteiger partial charge is 0.392 e. The van der Waals surface area contributed by atoms with E-state index in [0.29, 0.717) is 6.54 Å². The second kappa shape index (κ2) is 6.02. The van der Waals surface area contributed by atoms with Gasteiger partial charge in [0.15, 0.2) is 0 Å². The summed E-state index contributed by atoms with van der Waals surface area (Å²) in [4.78, 5) is 1.63. The highest BCUT2D eigenvalue weighted by molar-refractivity contribution is 5.21. The van der Waals surface area contributed by atoms with Gasteiger partial charge in [-0.2, -0.15) is 13.2 Å². The first-order valence-electron chi connectivity index (χ1n) is 5.34. The molecule has 96 valence electrons. The molecule has 17 heavy (non-hydrogen) atoms. The van der Waals surface area contributed by atoms with Crippen molar-refractivity contribution in [1.82, 2.24) is 4.90 Å². The van der Waals surface area contributed by atoms with Gasteiger partial charge in [0.1, 0.15) is 0 Å². The lowest BCUT2D eigenvalue weighted by atomic mass is 10.1. The Hall–Kier alpha value is -1.07. The summed E-state index contributed by atoms with van der Waals surface area (Å²) >= 11 is 0. The molecule has 0 amide bonds. The number of aliphatic hydroxyl groups excluding tert-OH is 1. The number of rotatable bonds is 5. The Labute approximate surface area is 98.7 Å². The predicted octanol–water partition coefficient (Wildman–Crippen LogP) is 2.56. The van der Waals surface area contributed by atoms with Crippen molar-refractivity contribution in [2.24, 2.45) is 0 Å². The number of nitrogens with zero attached hydrogens (tertiary/aromatic N) is 1. The second-order valence-corrected chi connectivity index (χ2v) is 4.08. The van der Waals surface area contributed by atoms with E-state index in [9.17, 15) is 13.2 Å². The summed E-state index contributed by atoms with van der Waals surface area (Å²) in [5.41, 5.74) is 1.73. The van der Waals surface area contributed by atoms with E-state index in [0.717, 1.165) is 11.1 Å². The van der Waals surface area contributed by atoms with Crippen molar-refractivity contribution in [2.75, 3.05) is 13.6 Å². The summed E-state index contributed by atoms with van der Waals surface area (Å²) in [5, 5.41) is 8.85. The lowest BCUT2D eigenvalue weighted by molar-refractivity contribution is -0.137. The lowest BCUT2D eigenvalue weighted by Crippen LogP contribution is -2.24. The van der Waals surface area contributed by atoms with Gasteiger partial charge in [0, 0.05) is 13.1 Å². The number of hydrogen-bond donors (Lipinski definition) is 1. The van der Waals surface area contributed by atoms with E-state index in [1.807, 2.05) is 12.1 Å². The Kier molecular flexibility index (Phi) is 4.96. The molecule has 1 rings (SSSR count). The topological polar surface area (TPSA) is 23.5 Å². The van der Waals surface area contributed by atoms with Crippen LogP contribution in [0.25, 0.3) is 0 Å². The van der Waals surface area contributed by atoms with Gasteiger partial charge in [-0.1, -0.05) is 24.3 Å². The minimum absolute atomic E-state index is 0.00868. The zero-order valence-electron chi connectivity index (χ0n) is 9.67. The Morgan fingerprint density at radius 3 is 2.12 bits per heavy atom. The first-order chi connectivity index (χ1) is 7.90. The van der Waals surface area contributed by atoms with Crippen LogP contribution in [0, 0.1) is 0 Å². The van der Waals surface area contributed by atoms with Gasteiger partial charge >= 0.3 is 6.18 Å². The summed E-state index contributed by atoms with van der Waals surface area (Å²) in [7, 11) is 1.66. The van der Waals surface area contributed by atoms with Crippen LogP contribution in [-0.4, -0.2) is 29.8 Å². The minimum Gasteiger partial charge on any atom is -0.392 e. The van der Waals surface area contributed by atoms with Gasteiger partial charge in [0.05, 0.1) is 13.0 Å². The van der Waals surface area contributed by atoms with E-state index in [1.54, 1.807) is 24.1 Å². The molecule has 2 nitrogen and oxygen atoms in total. The van der Waals surface area contributed by atoms with Crippen LogP contribution in [0.3, 0.4) is 0 Å². The standard InChI is InChI=1S/C12H16F3NO/c1-16(7-6-12(13,14)15)8-10-2-4-11(9-17)5-3-10/h2-5,17H,6-9H2,1H3. The van der Waals surface area contributed by atoms with Crippen LogP contribution in [0.15, 0.2) is 24.3 Å². The molecule has 1 N–H and O–H groups in total. The highest BCUT2D eigenvalue weighted by atomic mass is 19.4. The Morgan fingerprint density at radius 1 is 1.12 bits per heavy atom. The summed E-state index contributed by atoms with van der Waals surface area (Å²) in [6.07, 6.45) is -4.90. The third-order valence-electron chi connectivity index (χ3n) is 2.44. The molecule has 0 heterocycles. The molecule has 0 unspecified atom stereocenters. The summed E-state index contributed by atoms with van der Waals surface area (Å²) < 4.78 is 36.0. The summed E-state index contributed by atoms with van der Waals surface area (Å²) in [6.45, 7) is 0.442. The molecule has 0 radical (unpaired) electrons. The molecule has 0 fully saturated rings. The van der Waals surface area contributed by atoms with Crippen LogP contribution >= 0.6 is 0 Å². The smallest absolute Gasteiger partial charge is 0.390 e. The highest BCUT2D eigenvalue weighted by Crippen LogP contribution is 2.19. The lowest BCUT2D eigenvalue weighted by Gasteiger charge is -2.17. The molecule has 0 aliphatic carbocycles. The highest BCUT2D eigenvalue weighted by Gasteiger charge is 2.26. The second-order valence-electron chi connectivity index (χ2n) is 4.08. The number of aliphatic hydroxyl groups is 1. The normalized spacial score (nSPS) is 12.1. The maximum Gasteiger partial charge on any atom is 0.390 e. The SMILES string of the molecule is CN(CCC(F)(F)F)Cc1ccc(CO)cc1. The molecule has 1 aromatic carbocycles. The molecule has 0 atom stereocenters. The fourth-order valence-corrected chi connectivity index (χ4v) is 1.46. The predicted molar refractivity (Wildman–Crippen MR) is 59.4 cm³/mol. The maximum absolute atomic E-state index is 12.0. The molecule has 0 aromatic heterocycles. The van der Waals surface area contributed by atoms with Crippen LogP contribution in [0.2, 0.25) is 0 Å². The first-order valence-corrected chi connectivity index (χ1v) is 5.34. The van der Waals surface area contributed by atoms with Gasteiger partial charge in [-0.25, -0.2) is 0 Å². The van der Waals surface area contributed by atoms with Crippen molar-refractivity contribution in [2.45, 2.75) is 25.7 Å². The van der Waals surface area contributed by atoms with E-state index in [4.69, 9.17) is 5.11 Å². The fourth-order valence-electron chi connectivity index (χ4n) is 1.46. The van der Waals surface area contributed by atoms with E-state index < -0.39 is 12.6 Å². The van der Waals surface area contributed by atoms with E-state index in [2.05, 4.69) is 0 Å². The third-order valence-corrected chi connectivity index (χ3v) is 2.44. The molecule has 0 saturated heterocycles. The fraction of sp³-hybridized carbons (Fsp3) is 0.500. The number of hydrogen-bond acceptors (Lipinski definition) is 2. The number of halogens is 3. The van der Waals surface area contributed by atoms with Crippen molar-refractivity contribution < 1.29 is 18.3 Å². The molecule has 0 aliphatic heterocycles. The first kappa shape index (κ1) is 14.0. The Bertz CT molecular complexity index is 335. The van der Waals surface area contributed by atoms with Gasteiger partial charge in [0.2, 0.25) is 0 Å². The van der Waals surface area contributed by atoms with Crippen LogP contribution in [0.4, 0.5) is 13.2 Å². The monoisotopic (exact) mass is 247 g/mol. The van der Waals surface area contributed by atoms with Crippen molar-refractivity contribution in [3.05, 3.63) is 35.4 Å². The van der Waals surface area contributed by atoms with Gasteiger partial charge in [-0.15, -0.1) is 0 Å². The molecule has 0 spiro atoms. The van der Waals surface area contributed by atoms with Gasteiger partial charge < -0.3 is 10.0 Å². The quantitative estimate of drug-likeness (QED) is 0.864. The van der Waals surface area contributed by atoms with Crippen molar-refractivity contribution >= 4 is 0 Å². The molecule has 0 saturated carbocycles. The third kappa shape index (κ3) is 5.70. The summed E-state index contributed by atoms with van der Waals surface area (Å²) in [5.74, 6) is 0. The Morgan fingerprint density at radius 2 is 1.65 bits per heavy atom. The van der Waals surface area contributed by atoms with E-state index in [1.165, 1.54) is 0 Å². The average molecular weight is 247 g/mol. The number of alkyl halides is 3. The van der Waals surface area contributed by atoms with Crippen molar-refractivity contribution in [1.29, 1.82) is 0 Å². The van der Waals surface area contributed by atoms with Crippen LogP contribution in [0.5, 0.6) is 0 Å². The molecule has 5 heteroatoms. The molecule has 1 aromatic rings. The summed E-state index contributed by atoms with van der Waals surface area (Å²) in [6, 6.07) is 7.17.